The maximum Gasteiger partial charge on any atom is 0.257 e. The highest BCUT2D eigenvalue weighted by Crippen LogP contribution is 2.38. The molecule has 1 aromatic heterocycles. The number of rotatable bonds is 7. The van der Waals surface area contributed by atoms with Gasteiger partial charge >= 0.3 is 0 Å². The molecule has 5 heteroatoms. The number of pyridine rings is 1. The first-order chi connectivity index (χ1) is 17.9. The highest BCUT2D eigenvalue weighted by atomic mass is 16.1. The van der Waals surface area contributed by atoms with E-state index in [1.165, 1.54) is 18.4 Å². The molecule has 0 atom stereocenters. The van der Waals surface area contributed by atoms with Gasteiger partial charge < -0.3 is 15.5 Å². The van der Waals surface area contributed by atoms with Crippen molar-refractivity contribution in [3.8, 4) is 0 Å². The number of fused-ring (bicyclic) bond motifs is 1. The van der Waals surface area contributed by atoms with Crippen LogP contribution in [-0.4, -0.2) is 35.9 Å². The van der Waals surface area contributed by atoms with Crippen LogP contribution in [0.25, 0.3) is 10.9 Å². The van der Waals surface area contributed by atoms with Crippen molar-refractivity contribution in [3.63, 3.8) is 0 Å². The Balaban J connectivity index is 1.27. The number of anilines is 2. The number of benzene rings is 3. The molecule has 2 heterocycles. The molecule has 0 radical (unpaired) electrons. The van der Waals surface area contributed by atoms with Crippen LogP contribution in [-0.2, 0) is 12.0 Å². The van der Waals surface area contributed by atoms with Gasteiger partial charge in [0, 0.05) is 29.5 Å². The number of hydrogen-bond donors (Lipinski definition) is 2. The number of amides is 1. The fraction of sp³-hybridized carbons (Fsp3) is 0.312. The second kappa shape index (κ2) is 10.7. The minimum atomic E-state index is -0.120. The van der Waals surface area contributed by atoms with Crippen molar-refractivity contribution >= 4 is 28.2 Å². The van der Waals surface area contributed by atoms with Crippen LogP contribution in [0.1, 0.15) is 48.2 Å². The molecule has 1 saturated heterocycles. The number of carbonyl (C=O) groups excluding carboxylic acids is 1. The van der Waals surface area contributed by atoms with Crippen molar-refractivity contribution in [3.05, 3.63) is 102 Å². The van der Waals surface area contributed by atoms with Crippen molar-refractivity contribution < 1.29 is 4.79 Å². The number of carbonyl (C=O) groups is 1. The van der Waals surface area contributed by atoms with Crippen LogP contribution in [0.4, 0.5) is 11.4 Å². The van der Waals surface area contributed by atoms with E-state index >= 15 is 0 Å². The SMILES string of the molecule is CN1CCC(C(C)(C)c2ccc(NC(=O)c3ccccc3NCc3ccnc4ccccc34)cc2)CC1. The Bertz CT molecular complexity index is 1370. The lowest BCUT2D eigenvalue weighted by atomic mass is 9.69. The number of aromatic nitrogens is 1. The minimum Gasteiger partial charge on any atom is -0.380 e. The second-order valence-electron chi connectivity index (χ2n) is 10.7. The molecule has 1 amide bonds. The van der Waals surface area contributed by atoms with Crippen molar-refractivity contribution in [2.24, 2.45) is 5.92 Å². The summed E-state index contributed by atoms with van der Waals surface area (Å²) in [4.78, 5) is 20.1. The zero-order valence-electron chi connectivity index (χ0n) is 22.0. The van der Waals surface area contributed by atoms with E-state index in [1.807, 2.05) is 66.9 Å². The van der Waals surface area contributed by atoms with Gasteiger partial charge in [0.2, 0.25) is 0 Å². The zero-order chi connectivity index (χ0) is 25.8. The van der Waals surface area contributed by atoms with Crippen molar-refractivity contribution in [1.29, 1.82) is 0 Å². The van der Waals surface area contributed by atoms with E-state index in [2.05, 4.69) is 59.6 Å². The molecule has 0 spiro atoms. The first-order valence-corrected chi connectivity index (χ1v) is 13.2. The Morgan fingerprint density at radius 1 is 0.946 bits per heavy atom. The Morgan fingerprint density at radius 3 is 2.43 bits per heavy atom. The normalized spacial score (nSPS) is 15.0. The number of likely N-dealkylation sites (tertiary alicyclic amines) is 1. The summed E-state index contributed by atoms with van der Waals surface area (Å²) in [7, 11) is 2.20. The van der Waals surface area contributed by atoms with E-state index in [-0.39, 0.29) is 11.3 Å². The van der Waals surface area contributed by atoms with Crippen LogP contribution < -0.4 is 10.6 Å². The molecule has 3 aromatic carbocycles. The Morgan fingerprint density at radius 2 is 1.65 bits per heavy atom. The molecule has 0 aliphatic carbocycles. The van der Waals surface area contributed by atoms with Gasteiger partial charge in [-0.2, -0.15) is 0 Å². The molecule has 0 saturated carbocycles. The maximum atomic E-state index is 13.3. The summed E-state index contributed by atoms with van der Waals surface area (Å²) in [6, 6.07) is 26.2. The van der Waals surface area contributed by atoms with Gasteiger partial charge in [-0.25, -0.2) is 0 Å². The highest BCUT2D eigenvalue weighted by Gasteiger charge is 2.33. The van der Waals surface area contributed by atoms with Gasteiger partial charge in [-0.15, -0.1) is 0 Å². The molecule has 37 heavy (non-hydrogen) atoms. The van der Waals surface area contributed by atoms with E-state index in [4.69, 9.17) is 0 Å². The van der Waals surface area contributed by atoms with Crippen LogP contribution in [0, 0.1) is 5.92 Å². The van der Waals surface area contributed by atoms with Crippen molar-refractivity contribution in [2.75, 3.05) is 30.8 Å². The standard InChI is InChI=1S/C32H36N4O/c1-32(2,25-17-20-36(3)21-18-25)24-12-14-26(15-13-24)35-31(37)28-9-5-7-11-30(28)34-22-23-16-19-33-29-10-6-4-8-27(23)29/h4-16,19,25,34H,17-18,20-22H2,1-3H3,(H,35,37). The molecular formula is C32H36N4O. The molecular weight excluding hydrogens is 456 g/mol. The van der Waals surface area contributed by atoms with Gasteiger partial charge in [-0.3, -0.25) is 9.78 Å². The van der Waals surface area contributed by atoms with Crippen LogP contribution in [0.3, 0.4) is 0 Å². The smallest absolute Gasteiger partial charge is 0.257 e. The molecule has 1 fully saturated rings. The fourth-order valence-electron chi connectivity index (χ4n) is 5.48. The predicted octanol–water partition coefficient (Wildman–Crippen LogP) is 6.72. The van der Waals surface area contributed by atoms with Gasteiger partial charge in [0.1, 0.15) is 0 Å². The highest BCUT2D eigenvalue weighted by molar-refractivity contribution is 6.08. The monoisotopic (exact) mass is 492 g/mol. The van der Waals surface area contributed by atoms with Gasteiger partial charge in [-0.1, -0.05) is 56.3 Å². The van der Waals surface area contributed by atoms with Gasteiger partial charge in [0.15, 0.2) is 0 Å². The number of nitrogens with zero attached hydrogens (tertiary/aromatic N) is 2. The lowest BCUT2D eigenvalue weighted by molar-refractivity contribution is 0.102. The average molecular weight is 493 g/mol. The van der Waals surface area contributed by atoms with Gasteiger partial charge in [-0.05, 0) is 91.8 Å². The minimum absolute atomic E-state index is 0.109. The summed E-state index contributed by atoms with van der Waals surface area (Å²) < 4.78 is 0. The summed E-state index contributed by atoms with van der Waals surface area (Å²) in [6.45, 7) is 7.63. The van der Waals surface area contributed by atoms with Gasteiger partial charge in [0.25, 0.3) is 5.91 Å². The van der Waals surface area contributed by atoms with Crippen LogP contribution in [0.5, 0.6) is 0 Å². The molecule has 1 aliphatic rings. The second-order valence-corrected chi connectivity index (χ2v) is 10.7. The van der Waals surface area contributed by atoms with Gasteiger partial charge in [0.05, 0.1) is 11.1 Å². The number of nitrogens with one attached hydrogen (secondary N) is 2. The average Bonchev–Trinajstić information content (AvgIpc) is 2.92. The summed E-state index contributed by atoms with van der Waals surface area (Å²) in [5.41, 5.74) is 5.78. The molecule has 190 valence electrons. The summed E-state index contributed by atoms with van der Waals surface area (Å²) in [5.74, 6) is 0.546. The van der Waals surface area contributed by atoms with E-state index in [1.54, 1.807) is 0 Å². The van der Waals surface area contributed by atoms with E-state index in [9.17, 15) is 4.79 Å². The third-order valence-electron chi connectivity index (χ3n) is 8.01. The summed E-state index contributed by atoms with van der Waals surface area (Å²) in [6.07, 6.45) is 4.28. The third-order valence-corrected chi connectivity index (χ3v) is 8.01. The largest absolute Gasteiger partial charge is 0.380 e. The molecule has 5 nitrogen and oxygen atoms in total. The molecule has 5 rings (SSSR count). The quantitative estimate of drug-likeness (QED) is 0.301. The van der Waals surface area contributed by atoms with Crippen LogP contribution >= 0.6 is 0 Å². The molecule has 0 bridgehead atoms. The maximum absolute atomic E-state index is 13.3. The van der Waals surface area contributed by atoms with Crippen LogP contribution in [0.15, 0.2) is 85.1 Å². The first-order valence-electron chi connectivity index (χ1n) is 13.2. The predicted molar refractivity (Wildman–Crippen MR) is 153 cm³/mol. The first kappa shape index (κ1) is 25.0. The lowest BCUT2D eigenvalue weighted by Crippen LogP contribution is -2.39. The molecule has 4 aromatic rings. The number of hydrogen-bond acceptors (Lipinski definition) is 4. The lowest BCUT2D eigenvalue weighted by Gasteiger charge is -2.40. The van der Waals surface area contributed by atoms with E-state index in [0.717, 1.165) is 40.9 Å². The third kappa shape index (κ3) is 5.52. The van der Waals surface area contributed by atoms with Crippen LogP contribution in [0.2, 0.25) is 0 Å². The van der Waals surface area contributed by atoms with Crippen molar-refractivity contribution in [2.45, 2.75) is 38.6 Å². The Hall–Kier alpha value is -3.70. The summed E-state index contributed by atoms with van der Waals surface area (Å²) in [5, 5.41) is 7.67. The molecule has 1 aliphatic heterocycles. The number of para-hydroxylation sites is 2. The van der Waals surface area contributed by atoms with E-state index < -0.39 is 0 Å². The summed E-state index contributed by atoms with van der Waals surface area (Å²) >= 11 is 0. The van der Waals surface area contributed by atoms with Crippen molar-refractivity contribution in [1.82, 2.24) is 9.88 Å². The number of piperidine rings is 1. The Labute approximate surface area is 219 Å². The molecule has 0 unspecified atom stereocenters. The zero-order valence-corrected chi connectivity index (χ0v) is 22.0. The van der Waals surface area contributed by atoms with E-state index in [0.29, 0.717) is 18.0 Å². The topological polar surface area (TPSA) is 57.3 Å². The molecule has 2 N–H and O–H groups in total. The fourth-order valence-corrected chi connectivity index (χ4v) is 5.48. The Kier molecular flexibility index (Phi) is 7.24.